The van der Waals surface area contributed by atoms with Gasteiger partial charge < -0.3 is 23.7 Å². The van der Waals surface area contributed by atoms with Crippen LogP contribution in [0.15, 0.2) is 61.9 Å². The standard InChI is InChI=1S/C27H30N4O5S/c1-5-35-26(33)23-17(2)28-27-31(24(23)18-6-8-19(34-4)9-7-18)25(32)21(37-27)16-20-10-11-22(36-20)30-14-12-29(3)13-15-30/h6-11,16,24H,5,12-15H2,1-4H3/t24-/m1/s1. The van der Waals surface area contributed by atoms with E-state index in [1.165, 1.54) is 11.3 Å². The number of methoxy groups -OCH3 is 1. The lowest BCUT2D eigenvalue weighted by atomic mass is 9.96. The van der Waals surface area contributed by atoms with Gasteiger partial charge >= 0.3 is 5.97 Å². The molecule has 0 spiro atoms. The first-order valence-corrected chi connectivity index (χ1v) is 13.1. The van der Waals surface area contributed by atoms with Gasteiger partial charge in [0.2, 0.25) is 0 Å². The number of thiazole rings is 1. The zero-order valence-corrected chi connectivity index (χ0v) is 22.2. The second-order valence-corrected chi connectivity index (χ2v) is 10.1. The van der Waals surface area contributed by atoms with Crippen molar-refractivity contribution < 1.29 is 18.7 Å². The Bertz CT molecular complexity index is 1510. The Morgan fingerprint density at radius 3 is 2.57 bits per heavy atom. The summed E-state index contributed by atoms with van der Waals surface area (Å²) in [7, 11) is 3.70. The summed E-state index contributed by atoms with van der Waals surface area (Å²) in [6.07, 6.45) is 1.75. The highest BCUT2D eigenvalue weighted by atomic mass is 32.1. The minimum absolute atomic E-state index is 0.226. The number of nitrogens with zero attached hydrogens (tertiary/aromatic N) is 4. The van der Waals surface area contributed by atoms with E-state index in [1.54, 1.807) is 31.6 Å². The Balaban J connectivity index is 1.57. The fourth-order valence-electron chi connectivity index (χ4n) is 4.64. The molecule has 194 valence electrons. The van der Waals surface area contributed by atoms with Gasteiger partial charge in [-0.1, -0.05) is 23.5 Å². The van der Waals surface area contributed by atoms with Crippen LogP contribution in [0, 0.1) is 0 Å². The minimum Gasteiger partial charge on any atom is -0.497 e. The molecule has 1 aromatic carbocycles. The number of fused-ring (bicyclic) bond motifs is 1. The number of furan rings is 1. The van der Waals surface area contributed by atoms with E-state index >= 15 is 0 Å². The number of benzene rings is 1. The van der Waals surface area contributed by atoms with E-state index in [1.807, 2.05) is 36.4 Å². The topological polar surface area (TPSA) is 89.5 Å². The van der Waals surface area contributed by atoms with Crippen molar-refractivity contribution in [2.45, 2.75) is 19.9 Å². The molecule has 0 saturated carbocycles. The highest BCUT2D eigenvalue weighted by Gasteiger charge is 2.33. The summed E-state index contributed by atoms with van der Waals surface area (Å²) in [6, 6.07) is 10.5. The third-order valence-corrected chi connectivity index (χ3v) is 7.63. The maximum atomic E-state index is 13.7. The fraction of sp³-hybridized carbons (Fsp3) is 0.370. The molecule has 10 heteroatoms. The number of likely N-dealkylation sites (N-methyl/N-ethyl adjacent to an activating group) is 1. The minimum atomic E-state index is -0.666. The van der Waals surface area contributed by atoms with Crippen molar-refractivity contribution in [2.24, 2.45) is 4.99 Å². The number of carbonyl (C=O) groups is 1. The van der Waals surface area contributed by atoms with Crippen LogP contribution in [0.3, 0.4) is 0 Å². The Hall–Kier alpha value is -3.63. The van der Waals surface area contributed by atoms with Crippen LogP contribution in [-0.4, -0.2) is 62.4 Å². The average Bonchev–Trinajstić information content (AvgIpc) is 3.48. The van der Waals surface area contributed by atoms with Gasteiger partial charge in [0.1, 0.15) is 11.5 Å². The van der Waals surface area contributed by atoms with E-state index in [0.717, 1.165) is 37.6 Å². The zero-order chi connectivity index (χ0) is 26.1. The molecule has 0 radical (unpaired) electrons. The Labute approximate surface area is 218 Å². The first kappa shape index (κ1) is 25.0. The summed E-state index contributed by atoms with van der Waals surface area (Å²) in [4.78, 5) is 36.4. The van der Waals surface area contributed by atoms with E-state index in [9.17, 15) is 9.59 Å². The molecule has 0 bridgehead atoms. The molecule has 0 amide bonds. The number of rotatable bonds is 6. The maximum Gasteiger partial charge on any atom is 0.338 e. The molecule has 0 unspecified atom stereocenters. The van der Waals surface area contributed by atoms with E-state index < -0.39 is 12.0 Å². The number of carbonyl (C=O) groups excluding carboxylic acids is 1. The molecule has 2 aliphatic rings. The highest BCUT2D eigenvalue weighted by Crippen LogP contribution is 2.31. The van der Waals surface area contributed by atoms with Gasteiger partial charge in [-0.25, -0.2) is 9.79 Å². The number of ether oxygens (including phenoxy) is 2. The molecular weight excluding hydrogens is 492 g/mol. The van der Waals surface area contributed by atoms with E-state index in [2.05, 4.69) is 21.8 Å². The summed E-state index contributed by atoms with van der Waals surface area (Å²) in [5.41, 5.74) is 1.40. The molecule has 2 aliphatic heterocycles. The van der Waals surface area contributed by atoms with Crippen molar-refractivity contribution in [1.82, 2.24) is 9.47 Å². The van der Waals surface area contributed by atoms with Crippen LogP contribution >= 0.6 is 11.3 Å². The molecule has 3 aromatic rings. The molecule has 1 atom stereocenters. The Morgan fingerprint density at radius 1 is 1.16 bits per heavy atom. The van der Waals surface area contributed by atoms with Crippen LogP contribution in [0.1, 0.15) is 31.2 Å². The molecule has 0 aliphatic carbocycles. The number of hydrogen-bond donors (Lipinski definition) is 0. The van der Waals surface area contributed by atoms with Gasteiger partial charge in [0.25, 0.3) is 5.56 Å². The van der Waals surface area contributed by atoms with Crippen LogP contribution in [-0.2, 0) is 9.53 Å². The van der Waals surface area contributed by atoms with E-state index in [0.29, 0.717) is 32.1 Å². The van der Waals surface area contributed by atoms with E-state index in [4.69, 9.17) is 13.9 Å². The van der Waals surface area contributed by atoms with Crippen LogP contribution in [0.5, 0.6) is 5.75 Å². The van der Waals surface area contributed by atoms with Gasteiger partial charge in [-0.05, 0) is 44.7 Å². The third-order valence-electron chi connectivity index (χ3n) is 6.65. The summed E-state index contributed by atoms with van der Waals surface area (Å²) >= 11 is 1.28. The van der Waals surface area contributed by atoms with E-state index in [-0.39, 0.29) is 12.2 Å². The van der Waals surface area contributed by atoms with Gasteiger partial charge in [-0.3, -0.25) is 9.36 Å². The SMILES string of the molecule is CCOC(=O)C1=C(C)N=c2sc(=Cc3ccc(N4CCN(C)CC4)o3)c(=O)n2[C@@H]1c1ccc(OC)cc1. The third kappa shape index (κ3) is 4.86. The maximum absolute atomic E-state index is 13.7. The molecule has 1 fully saturated rings. The molecule has 9 nitrogen and oxygen atoms in total. The molecule has 2 aromatic heterocycles. The lowest BCUT2D eigenvalue weighted by molar-refractivity contribution is -0.139. The first-order chi connectivity index (χ1) is 17.9. The summed E-state index contributed by atoms with van der Waals surface area (Å²) < 4.78 is 18.8. The molecule has 0 N–H and O–H groups in total. The van der Waals surface area contributed by atoms with Crippen LogP contribution in [0.4, 0.5) is 5.88 Å². The first-order valence-electron chi connectivity index (χ1n) is 12.3. The zero-order valence-electron chi connectivity index (χ0n) is 21.4. The molecule has 1 saturated heterocycles. The average molecular weight is 523 g/mol. The van der Waals surface area contributed by atoms with Crippen molar-refractivity contribution in [3.8, 4) is 5.75 Å². The van der Waals surface area contributed by atoms with Crippen molar-refractivity contribution in [2.75, 3.05) is 51.8 Å². The van der Waals surface area contributed by atoms with Gasteiger partial charge in [-0.2, -0.15) is 0 Å². The second kappa shape index (κ2) is 10.4. The summed E-state index contributed by atoms with van der Waals surface area (Å²) in [6.45, 7) is 7.49. The summed E-state index contributed by atoms with van der Waals surface area (Å²) in [5, 5.41) is 0. The highest BCUT2D eigenvalue weighted by molar-refractivity contribution is 7.07. The van der Waals surface area contributed by atoms with Crippen LogP contribution in [0.2, 0.25) is 0 Å². The van der Waals surface area contributed by atoms with Crippen molar-refractivity contribution in [3.05, 3.63) is 78.7 Å². The van der Waals surface area contributed by atoms with Crippen molar-refractivity contribution >= 4 is 29.3 Å². The molecular formula is C27H30N4O5S. The van der Waals surface area contributed by atoms with Crippen molar-refractivity contribution in [1.29, 1.82) is 0 Å². The predicted octanol–water partition coefficient (Wildman–Crippen LogP) is 2.15. The monoisotopic (exact) mass is 522 g/mol. The second-order valence-electron chi connectivity index (χ2n) is 9.04. The smallest absolute Gasteiger partial charge is 0.338 e. The number of piperazine rings is 1. The van der Waals surface area contributed by atoms with Crippen molar-refractivity contribution in [3.63, 3.8) is 0 Å². The quantitative estimate of drug-likeness (QED) is 0.459. The molecule has 5 rings (SSSR count). The van der Waals surface area contributed by atoms with Gasteiger partial charge in [0, 0.05) is 38.3 Å². The normalized spacial score (nSPS) is 18.5. The van der Waals surface area contributed by atoms with Gasteiger partial charge in [-0.15, -0.1) is 0 Å². The largest absolute Gasteiger partial charge is 0.497 e. The van der Waals surface area contributed by atoms with Gasteiger partial charge in [0.05, 0.1) is 35.6 Å². The number of anilines is 1. The van der Waals surface area contributed by atoms with Crippen LogP contribution < -0.4 is 24.5 Å². The summed E-state index contributed by atoms with van der Waals surface area (Å²) in [5.74, 6) is 1.59. The molecule has 4 heterocycles. The Kier molecular flexibility index (Phi) is 7.03. The lowest BCUT2D eigenvalue weighted by Crippen LogP contribution is -2.44. The molecule has 37 heavy (non-hydrogen) atoms. The number of aromatic nitrogens is 1. The predicted molar refractivity (Wildman–Crippen MR) is 142 cm³/mol. The number of esters is 1. The Morgan fingerprint density at radius 2 is 1.89 bits per heavy atom. The number of hydrogen-bond acceptors (Lipinski definition) is 9. The lowest BCUT2D eigenvalue weighted by Gasteiger charge is -2.32. The fourth-order valence-corrected chi connectivity index (χ4v) is 5.67. The number of allylic oxidation sites excluding steroid dienone is 1. The van der Waals surface area contributed by atoms with Crippen LogP contribution in [0.25, 0.3) is 6.08 Å². The van der Waals surface area contributed by atoms with Gasteiger partial charge in [0.15, 0.2) is 10.7 Å².